The van der Waals surface area contributed by atoms with E-state index in [1.165, 1.54) is 58.3 Å². The number of fused-ring (bicyclic) bond motifs is 3. The smallest absolute Gasteiger partial charge is 0.192 e. The molecule has 3 aromatic rings. The fourth-order valence-electron chi connectivity index (χ4n) is 5.95. The van der Waals surface area contributed by atoms with Gasteiger partial charge in [0, 0.05) is 25.5 Å². The normalized spacial score (nSPS) is 21.8. The number of hydrogen-bond donors (Lipinski definition) is 0. The molecule has 1 aliphatic heterocycles. The Labute approximate surface area is 208 Å². The van der Waals surface area contributed by atoms with Gasteiger partial charge in [0.25, 0.3) is 0 Å². The number of aryl methyl sites for hydroxylation is 1. The van der Waals surface area contributed by atoms with Crippen LogP contribution in [0.4, 0.5) is 0 Å². The maximum Gasteiger partial charge on any atom is 0.213 e. The summed E-state index contributed by atoms with van der Waals surface area (Å²) >= 11 is 0. The van der Waals surface area contributed by atoms with Gasteiger partial charge >= 0.3 is 0 Å². The summed E-state index contributed by atoms with van der Waals surface area (Å²) in [5.74, 6) is 0. The van der Waals surface area contributed by atoms with Gasteiger partial charge in [-0.2, -0.15) is 4.57 Å². The van der Waals surface area contributed by atoms with Crippen LogP contribution in [0.25, 0.3) is 22.4 Å². The number of unbranched alkanes of at least 4 members (excludes halogenated alkanes) is 1. The van der Waals surface area contributed by atoms with Crippen molar-refractivity contribution in [3.63, 3.8) is 0 Å². The molecule has 2 atom stereocenters. The van der Waals surface area contributed by atoms with Gasteiger partial charge in [0.1, 0.15) is 0 Å². The van der Waals surface area contributed by atoms with Crippen LogP contribution >= 0.6 is 0 Å². The Morgan fingerprint density at radius 2 is 1.47 bits per heavy atom. The van der Waals surface area contributed by atoms with E-state index in [0.29, 0.717) is 0 Å². The van der Waals surface area contributed by atoms with E-state index in [1.807, 2.05) is 0 Å². The summed E-state index contributed by atoms with van der Waals surface area (Å²) in [6, 6.07) is 21.3. The maximum atomic E-state index is 2.59. The van der Waals surface area contributed by atoms with Crippen LogP contribution in [0, 0.1) is 0 Å². The second kappa shape index (κ2) is 8.99. The summed E-state index contributed by atoms with van der Waals surface area (Å²) in [5.41, 5.74) is 9.93. The van der Waals surface area contributed by atoms with E-state index in [-0.39, 0.29) is 16.4 Å². The first-order chi connectivity index (χ1) is 16.1. The lowest BCUT2D eigenvalue weighted by Gasteiger charge is -2.46. The summed E-state index contributed by atoms with van der Waals surface area (Å²) in [5, 5.41) is 0. The molecule has 0 amide bonds. The van der Waals surface area contributed by atoms with Gasteiger partial charge in [-0.1, -0.05) is 84.4 Å². The number of rotatable bonds is 6. The van der Waals surface area contributed by atoms with Crippen molar-refractivity contribution >= 4 is 0 Å². The number of pyridine rings is 1. The van der Waals surface area contributed by atoms with Crippen molar-refractivity contribution in [1.82, 2.24) is 0 Å². The SMILES string of the molecule is CCCCc1ccc(-c2ccc3c(c2)-c2cc(C(C)(C)C)cc[n+]2C(C)(CC)C3(C)CC)cc1. The summed E-state index contributed by atoms with van der Waals surface area (Å²) in [7, 11) is 0. The summed E-state index contributed by atoms with van der Waals surface area (Å²) in [4.78, 5) is 0. The molecule has 0 spiro atoms. The maximum absolute atomic E-state index is 2.59. The molecule has 1 nitrogen and oxygen atoms in total. The largest absolute Gasteiger partial charge is 0.213 e. The third kappa shape index (κ3) is 3.92. The van der Waals surface area contributed by atoms with Crippen LogP contribution in [0.1, 0.15) is 97.8 Å². The van der Waals surface area contributed by atoms with Crippen molar-refractivity contribution in [3.05, 3.63) is 77.5 Å². The van der Waals surface area contributed by atoms with Crippen molar-refractivity contribution in [3.8, 4) is 22.4 Å². The molecule has 0 aliphatic carbocycles. The van der Waals surface area contributed by atoms with Crippen LogP contribution in [0.5, 0.6) is 0 Å². The van der Waals surface area contributed by atoms with Crippen LogP contribution in [-0.4, -0.2) is 0 Å². The molecular weight excluding hydrogens is 410 g/mol. The van der Waals surface area contributed by atoms with Crippen molar-refractivity contribution in [1.29, 1.82) is 0 Å². The monoisotopic (exact) mass is 454 g/mol. The van der Waals surface area contributed by atoms with Crippen molar-refractivity contribution in [2.75, 3.05) is 0 Å². The molecular formula is C33H44N+. The molecule has 180 valence electrons. The van der Waals surface area contributed by atoms with Crippen LogP contribution in [-0.2, 0) is 22.8 Å². The lowest BCUT2D eigenvalue weighted by molar-refractivity contribution is -0.765. The fourth-order valence-corrected chi connectivity index (χ4v) is 5.95. The van der Waals surface area contributed by atoms with E-state index in [9.17, 15) is 0 Å². The molecule has 1 aromatic heterocycles. The van der Waals surface area contributed by atoms with Crippen molar-refractivity contribution in [2.45, 2.75) is 104 Å². The molecule has 0 saturated carbocycles. The van der Waals surface area contributed by atoms with Crippen molar-refractivity contribution < 1.29 is 4.57 Å². The predicted octanol–water partition coefficient (Wildman–Crippen LogP) is 8.75. The first-order valence-electron chi connectivity index (χ1n) is 13.4. The first-order valence-corrected chi connectivity index (χ1v) is 13.4. The third-order valence-electron chi connectivity index (χ3n) is 8.93. The molecule has 34 heavy (non-hydrogen) atoms. The zero-order valence-corrected chi connectivity index (χ0v) is 22.8. The average molecular weight is 455 g/mol. The van der Waals surface area contributed by atoms with Gasteiger partial charge in [-0.15, -0.1) is 0 Å². The zero-order chi connectivity index (χ0) is 24.7. The van der Waals surface area contributed by atoms with Gasteiger partial charge in [-0.05, 0) is 65.5 Å². The molecule has 0 bridgehead atoms. The van der Waals surface area contributed by atoms with E-state index < -0.39 is 0 Å². The fraction of sp³-hybridized carbons (Fsp3) is 0.485. The molecule has 1 heteroatoms. The van der Waals surface area contributed by atoms with E-state index in [4.69, 9.17) is 0 Å². The number of nitrogens with zero attached hydrogens (tertiary/aromatic N) is 1. The Balaban J connectivity index is 1.91. The second-order valence-electron chi connectivity index (χ2n) is 11.8. The van der Waals surface area contributed by atoms with E-state index in [1.54, 1.807) is 0 Å². The Morgan fingerprint density at radius 3 is 2.06 bits per heavy atom. The Bertz CT molecular complexity index is 1160. The quantitative estimate of drug-likeness (QED) is 0.328. The van der Waals surface area contributed by atoms with Crippen molar-refractivity contribution in [2.24, 2.45) is 0 Å². The molecule has 1 aliphatic rings. The lowest BCUT2D eigenvalue weighted by Crippen LogP contribution is -2.67. The van der Waals surface area contributed by atoms with E-state index >= 15 is 0 Å². The molecule has 4 rings (SSSR count). The minimum atomic E-state index is 0.0307. The predicted molar refractivity (Wildman–Crippen MR) is 146 cm³/mol. The summed E-state index contributed by atoms with van der Waals surface area (Å²) in [6.45, 7) is 18.8. The van der Waals surface area contributed by atoms with Gasteiger partial charge in [0.15, 0.2) is 11.7 Å². The lowest BCUT2D eigenvalue weighted by atomic mass is 9.60. The Morgan fingerprint density at radius 1 is 0.794 bits per heavy atom. The Hall–Kier alpha value is -2.41. The number of aromatic nitrogens is 1. The minimum Gasteiger partial charge on any atom is -0.192 e. The van der Waals surface area contributed by atoms with Gasteiger partial charge in [0.05, 0.1) is 11.0 Å². The van der Waals surface area contributed by atoms with Gasteiger partial charge < -0.3 is 0 Å². The second-order valence-corrected chi connectivity index (χ2v) is 11.8. The highest BCUT2D eigenvalue weighted by atomic mass is 15.1. The molecule has 0 radical (unpaired) electrons. The molecule has 0 fully saturated rings. The van der Waals surface area contributed by atoms with Gasteiger partial charge in [0.2, 0.25) is 5.69 Å². The highest BCUT2D eigenvalue weighted by molar-refractivity contribution is 5.75. The molecule has 0 saturated heterocycles. The van der Waals surface area contributed by atoms with Gasteiger partial charge in [-0.3, -0.25) is 0 Å². The van der Waals surface area contributed by atoms with Crippen LogP contribution in [0.3, 0.4) is 0 Å². The number of benzene rings is 2. The molecule has 2 aromatic carbocycles. The topological polar surface area (TPSA) is 3.88 Å². The van der Waals surface area contributed by atoms with Crippen LogP contribution in [0.15, 0.2) is 60.8 Å². The standard InChI is InChI=1S/C33H44N/c1-9-12-13-24-14-16-25(17-15-24)26-18-19-29-28(22-26)30-23-27(31(4,5)6)20-21-34(30)33(8,11-3)32(29,7)10-2/h14-23H,9-13H2,1-8H3/q+1. The first kappa shape index (κ1) is 24.7. The molecule has 2 heterocycles. The number of hydrogen-bond acceptors (Lipinski definition) is 0. The van der Waals surface area contributed by atoms with Crippen LogP contribution < -0.4 is 4.57 Å². The van der Waals surface area contributed by atoms with Gasteiger partial charge in [-0.25, -0.2) is 0 Å². The molecule has 0 N–H and O–H groups in total. The summed E-state index contributed by atoms with van der Waals surface area (Å²) < 4.78 is 2.59. The molecule has 2 unspecified atom stereocenters. The third-order valence-corrected chi connectivity index (χ3v) is 8.93. The van der Waals surface area contributed by atoms with E-state index in [2.05, 4.69) is 121 Å². The van der Waals surface area contributed by atoms with E-state index in [0.717, 1.165) is 12.8 Å². The highest BCUT2D eigenvalue weighted by Crippen LogP contribution is 2.50. The average Bonchev–Trinajstić information content (AvgIpc) is 2.85. The summed E-state index contributed by atoms with van der Waals surface area (Å²) in [6.07, 6.45) is 8.26. The Kier molecular flexibility index (Phi) is 6.53. The minimum absolute atomic E-state index is 0.0307. The zero-order valence-electron chi connectivity index (χ0n) is 22.8. The highest BCUT2D eigenvalue weighted by Gasteiger charge is 2.56. The van der Waals surface area contributed by atoms with Crippen LogP contribution in [0.2, 0.25) is 0 Å².